The second kappa shape index (κ2) is 18.0. The molecule has 8 aromatic carbocycles. The first-order valence-electron chi connectivity index (χ1n) is 18.8. The van der Waals surface area contributed by atoms with Crippen LogP contribution in [0.15, 0.2) is 243 Å². The number of benzene rings is 8. The molecular formula is C51H44P4+2. The van der Waals surface area contributed by atoms with Gasteiger partial charge in [0.15, 0.2) is 0 Å². The molecule has 0 aliphatic carbocycles. The summed E-state index contributed by atoms with van der Waals surface area (Å²) in [5, 5.41) is 11.2. The Bertz CT molecular complexity index is 2000. The van der Waals surface area contributed by atoms with E-state index in [9.17, 15) is 0 Å². The Hall–Kier alpha value is -4.52. The zero-order valence-corrected chi connectivity index (χ0v) is 34.4. The second-order valence-electron chi connectivity index (χ2n) is 13.5. The second-order valence-corrected chi connectivity index (χ2v) is 25.7. The van der Waals surface area contributed by atoms with Gasteiger partial charge in [-0.05, 0) is 85.6 Å². The van der Waals surface area contributed by atoms with Crippen molar-refractivity contribution >= 4 is 72.8 Å². The number of hydrogen-bond acceptors (Lipinski definition) is 0. The maximum Gasteiger partial charge on any atom is 0.358 e. The SMILES string of the molecule is [C]([P+](CP(c1ccccc1)c1ccccc1)(c1ccccc1)c1ccccc1)[P+](CP(c1ccccc1)c1ccccc1)(c1ccccc1)c1ccccc1. The van der Waals surface area contributed by atoms with Crippen LogP contribution in [0.4, 0.5) is 0 Å². The summed E-state index contributed by atoms with van der Waals surface area (Å²) in [5.41, 5.74) is 0. The van der Waals surface area contributed by atoms with Crippen molar-refractivity contribution in [2.24, 2.45) is 0 Å². The van der Waals surface area contributed by atoms with Crippen LogP contribution in [0.3, 0.4) is 0 Å². The van der Waals surface area contributed by atoms with E-state index in [1.807, 2.05) is 0 Å². The Morgan fingerprint density at radius 1 is 0.255 bits per heavy atom. The molecule has 0 saturated carbocycles. The minimum Gasteiger partial charge on any atom is -0.0622 e. The van der Waals surface area contributed by atoms with Crippen LogP contribution in [0.1, 0.15) is 0 Å². The van der Waals surface area contributed by atoms with Gasteiger partial charge in [0, 0.05) is 0 Å². The molecule has 8 aromatic rings. The van der Waals surface area contributed by atoms with Crippen LogP contribution < -0.4 is 42.4 Å². The lowest BCUT2D eigenvalue weighted by molar-refractivity contribution is 1.70. The average molecular weight is 781 g/mol. The molecule has 0 amide bonds. The normalized spacial score (nSPS) is 11.8. The quantitative estimate of drug-likeness (QED) is 0.0965. The van der Waals surface area contributed by atoms with Crippen LogP contribution in [-0.2, 0) is 0 Å². The van der Waals surface area contributed by atoms with E-state index >= 15 is 0 Å². The van der Waals surface area contributed by atoms with E-state index in [0.717, 1.165) is 11.8 Å². The van der Waals surface area contributed by atoms with Gasteiger partial charge < -0.3 is 0 Å². The van der Waals surface area contributed by atoms with E-state index in [-0.39, 0.29) is 0 Å². The zero-order valence-electron chi connectivity index (χ0n) is 30.8. The van der Waals surface area contributed by atoms with Gasteiger partial charge in [-0.1, -0.05) is 194 Å². The molecule has 0 fully saturated rings. The monoisotopic (exact) mass is 780 g/mol. The predicted molar refractivity (Wildman–Crippen MR) is 249 cm³/mol. The predicted octanol–water partition coefficient (Wildman–Crippen LogP) is 10.5. The van der Waals surface area contributed by atoms with Crippen molar-refractivity contribution in [3.05, 3.63) is 249 Å². The largest absolute Gasteiger partial charge is 0.358 e. The molecule has 0 atom stereocenters. The molecule has 0 nitrogen and oxygen atoms in total. The molecule has 0 unspecified atom stereocenters. The Labute approximate surface area is 331 Å². The van der Waals surface area contributed by atoms with Gasteiger partial charge in [-0.15, -0.1) is 0 Å². The summed E-state index contributed by atoms with van der Waals surface area (Å²) in [5.74, 6) is 6.91. The minimum atomic E-state index is -2.44. The smallest absolute Gasteiger partial charge is 0.0622 e. The molecule has 8 rings (SSSR count). The van der Waals surface area contributed by atoms with Gasteiger partial charge in [-0.2, -0.15) is 0 Å². The highest BCUT2D eigenvalue weighted by atomic mass is 31.3. The lowest BCUT2D eigenvalue weighted by Crippen LogP contribution is -2.34. The highest BCUT2D eigenvalue weighted by Crippen LogP contribution is 2.80. The molecule has 0 saturated heterocycles. The Morgan fingerprint density at radius 3 is 0.636 bits per heavy atom. The molecule has 0 spiro atoms. The van der Waals surface area contributed by atoms with E-state index in [2.05, 4.69) is 243 Å². The average Bonchev–Trinajstić information content (AvgIpc) is 3.29. The van der Waals surface area contributed by atoms with Crippen molar-refractivity contribution in [3.8, 4) is 0 Å². The molecule has 0 N–H and O–H groups in total. The van der Waals surface area contributed by atoms with Crippen LogP contribution >= 0.6 is 30.4 Å². The van der Waals surface area contributed by atoms with Gasteiger partial charge in [0.05, 0.1) is 0 Å². The van der Waals surface area contributed by atoms with Crippen molar-refractivity contribution in [3.63, 3.8) is 0 Å². The summed E-state index contributed by atoms with van der Waals surface area (Å²) in [4.78, 5) is 0. The van der Waals surface area contributed by atoms with E-state index < -0.39 is 30.4 Å². The maximum absolute atomic E-state index is 4.94. The van der Waals surface area contributed by atoms with Crippen LogP contribution in [0.25, 0.3) is 0 Å². The lowest BCUT2D eigenvalue weighted by atomic mass is 10.4. The molecule has 0 aliphatic rings. The van der Waals surface area contributed by atoms with E-state index in [1.165, 1.54) is 42.4 Å². The Morgan fingerprint density at radius 2 is 0.436 bits per heavy atom. The third-order valence-electron chi connectivity index (χ3n) is 10.1. The molecule has 4 heteroatoms. The molecule has 55 heavy (non-hydrogen) atoms. The topological polar surface area (TPSA) is 0 Å². The molecule has 2 radical (unpaired) electrons. The fraction of sp³-hybridized carbons (Fsp3) is 0.0392. The Kier molecular flexibility index (Phi) is 12.2. The first kappa shape index (κ1) is 37.4. The van der Waals surface area contributed by atoms with Gasteiger partial charge in [-0.3, -0.25) is 0 Å². The summed E-state index contributed by atoms with van der Waals surface area (Å²) >= 11 is 0. The zero-order chi connectivity index (χ0) is 37.2. The minimum absolute atomic E-state index is 0.775. The van der Waals surface area contributed by atoms with Crippen molar-refractivity contribution in [1.29, 1.82) is 0 Å². The van der Waals surface area contributed by atoms with Gasteiger partial charge in [0.1, 0.15) is 47.5 Å². The van der Waals surface area contributed by atoms with Crippen molar-refractivity contribution in [2.75, 3.05) is 11.8 Å². The molecule has 0 bridgehead atoms. The standard InChI is InChI=1S/C51H44P4/c1-9-25-44(26-10-1)52(45-27-11-2-12-28-45)41-54(48-33-17-5-18-34-48,49-35-19-6-20-36-49)43-55(50-37-21-7-22-38-50,51-39-23-8-24-40-51)42-53(46-29-13-3-14-30-46)47-31-15-4-16-32-47/h1-40H,41-42H2/q+2. The van der Waals surface area contributed by atoms with Crippen LogP contribution in [0, 0.1) is 5.90 Å². The fourth-order valence-corrected chi connectivity index (χ4v) is 27.9. The third-order valence-corrected chi connectivity index (χ3v) is 26.9. The van der Waals surface area contributed by atoms with E-state index in [0.29, 0.717) is 0 Å². The lowest BCUT2D eigenvalue weighted by Gasteiger charge is -2.35. The van der Waals surface area contributed by atoms with E-state index in [1.54, 1.807) is 0 Å². The van der Waals surface area contributed by atoms with Gasteiger partial charge in [0.25, 0.3) is 0 Å². The molecule has 0 aliphatic heterocycles. The molecule has 266 valence electrons. The van der Waals surface area contributed by atoms with E-state index in [4.69, 9.17) is 5.90 Å². The highest BCUT2D eigenvalue weighted by molar-refractivity contribution is 8.13. The fourth-order valence-electron chi connectivity index (χ4n) is 7.42. The summed E-state index contributed by atoms with van der Waals surface area (Å²) in [6.07, 6.45) is 0. The molecular weight excluding hydrogens is 736 g/mol. The number of hydrogen-bond donors (Lipinski definition) is 0. The van der Waals surface area contributed by atoms with Gasteiger partial charge >= 0.3 is 5.90 Å². The summed E-state index contributed by atoms with van der Waals surface area (Å²) < 4.78 is 0. The summed E-state index contributed by atoms with van der Waals surface area (Å²) in [6, 6.07) is 90.9. The van der Waals surface area contributed by atoms with Crippen LogP contribution in [0.5, 0.6) is 0 Å². The van der Waals surface area contributed by atoms with Gasteiger partial charge in [-0.25, -0.2) is 0 Å². The maximum atomic E-state index is 4.94. The van der Waals surface area contributed by atoms with Crippen molar-refractivity contribution < 1.29 is 0 Å². The molecule has 0 heterocycles. The first-order valence-corrected chi connectivity index (χ1v) is 25.8. The van der Waals surface area contributed by atoms with Gasteiger partial charge in [0.2, 0.25) is 0 Å². The van der Waals surface area contributed by atoms with Crippen molar-refractivity contribution in [2.45, 2.75) is 0 Å². The van der Waals surface area contributed by atoms with Crippen LogP contribution in [-0.4, -0.2) is 11.8 Å². The summed E-state index contributed by atoms with van der Waals surface area (Å²) in [6.45, 7) is 0. The Balaban J connectivity index is 1.44. The molecule has 0 aromatic heterocycles. The van der Waals surface area contributed by atoms with Crippen LogP contribution in [0.2, 0.25) is 0 Å². The third kappa shape index (κ3) is 8.36. The summed E-state index contributed by atoms with van der Waals surface area (Å²) in [7, 11) is -6.43. The van der Waals surface area contributed by atoms with Crippen molar-refractivity contribution in [1.82, 2.24) is 0 Å². The number of rotatable bonds is 14. The highest BCUT2D eigenvalue weighted by Gasteiger charge is 2.62. The first-order chi connectivity index (χ1) is 27.3.